The number of carbonyl (C=O) groups is 2. The summed E-state index contributed by atoms with van der Waals surface area (Å²) in [7, 11) is 0. The topological polar surface area (TPSA) is 75.2 Å². The van der Waals surface area contributed by atoms with Gasteiger partial charge in [0.1, 0.15) is 10.8 Å². The van der Waals surface area contributed by atoms with Crippen LogP contribution in [0.25, 0.3) is 0 Å². The molecule has 0 aliphatic carbocycles. The normalized spacial score (nSPS) is 16.3. The number of rotatable bonds is 4. The Kier molecular flexibility index (Phi) is 5.10. The van der Waals surface area contributed by atoms with Crippen molar-refractivity contribution in [2.24, 2.45) is 0 Å². The highest BCUT2D eigenvalue weighted by molar-refractivity contribution is 7.15. The fraction of sp³-hybridized carbons (Fsp3) is 0.238. The molecule has 1 N–H and O–H groups in total. The molecule has 1 atom stereocenters. The van der Waals surface area contributed by atoms with Gasteiger partial charge in [-0.05, 0) is 61.4 Å². The summed E-state index contributed by atoms with van der Waals surface area (Å²) < 4.78 is 13.0. The molecule has 148 valence electrons. The lowest BCUT2D eigenvalue weighted by atomic mass is 10.1. The molecule has 1 aromatic heterocycles. The van der Waals surface area contributed by atoms with Gasteiger partial charge in [0.25, 0.3) is 5.91 Å². The van der Waals surface area contributed by atoms with Crippen LogP contribution in [0.1, 0.15) is 38.8 Å². The van der Waals surface area contributed by atoms with Crippen LogP contribution in [-0.2, 0) is 4.79 Å². The lowest BCUT2D eigenvalue weighted by Gasteiger charge is -2.17. The first-order chi connectivity index (χ1) is 13.9. The molecular formula is C21H19FN4O2S. The zero-order valence-electron chi connectivity index (χ0n) is 16.0. The summed E-state index contributed by atoms with van der Waals surface area (Å²) in [5.74, 6) is -0.810. The van der Waals surface area contributed by atoms with Gasteiger partial charge in [-0.15, -0.1) is 10.2 Å². The second-order valence-corrected chi connectivity index (χ2v) is 8.17. The van der Waals surface area contributed by atoms with E-state index in [0.29, 0.717) is 28.7 Å². The fourth-order valence-corrected chi connectivity index (χ4v) is 4.28. The molecule has 29 heavy (non-hydrogen) atoms. The number of carbonyl (C=O) groups excluding carboxylic acids is 2. The number of hydrogen-bond donors (Lipinski definition) is 1. The van der Waals surface area contributed by atoms with Crippen LogP contribution in [0.3, 0.4) is 0 Å². The van der Waals surface area contributed by atoms with Crippen LogP contribution >= 0.6 is 11.3 Å². The number of anilines is 2. The van der Waals surface area contributed by atoms with Crippen LogP contribution in [0.15, 0.2) is 42.5 Å². The Bertz CT molecular complexity index is 1060. The highest BCUT2D eigenvalue weighted by Crippen LogP contribution is 2.35. The van der Waals surface area contributed by atoms with Gasteiger partial charge in [-0.1, -0.05) is 17.4 Å². The molecule has 1 fully saturated rings. The van der Waals surface area contributed by atoms with Gasteiger partial charge in [-0.3, -0.25) is 14.9 Å². The third-order valence-corrected chi connectivity index (χ3v) is 5.76. The first-order valence-corrected chi connectivity index (χ1v) is 9.99. The van der Waals surface area contributed by atoms with Crippen LogP contribution in [-0.4, -0.2) is 28.6 Å². The summed E-state index contributed by atoms with van der Waals surface area (Å²) in [4.78, 5) is 26.6. The number of aromatic nitrogens is 2. The van der Waals surface area contributed by atoms with Crippen molar-refractivity contribution in [2.75, 3.05) is 16.8 Å². The zero-order chi connectivity index (χ0) is 20.5. The van der Waals surface area contributed by atoms with Gasteiger partial charge in [-0.25, -0.2) is 4.39 Å². The van der Waals surface area contributed by atoms with E-state index in [0.717, 1.165) is 16.8 Å². The fourth-order valence-electron chi connectivity index (χ4n) is 3.45. The van der Waals surface area contributed by atoms with E-state index in [9.17, 15) is 14.0 Å². The van der Waals surface area contributed by atoms with E-state index < -0.39 is 5.82 Å². The lowest BCUT2D eigenvalue weighted by molar-refractivity contribution is -0.117. The second-order valence-electron chi connectivity index (χ2n) is 7.16. The quantitative estimate of drug-likeness (QED) is 0.704. The smallest absolute Gasteiger partial charge is 0.257 e. The van der Waals surface area contributed by atoms with Gasteiger partial charge < -0.3 is 4.90 Å². The van der Waals surface area contributed by atoms with Crippen molar-refractivity contribution < 1.29 is 14.0 Å². The van der Waals surface area contributed by atoms with Crippen LogP contribution < -0.4 is 10.2 Å². The molecule has 1 aliphatic heterocycles. The van der Waals surface area contributed by atoms with Gasteiger partial charge in [0.2, 0.25) is 11.0 Å². The van der Waals surface area contributed by atoms with Crippen molar-refractivity contribution in [1.29, 1.82) is 0 Å². The Morgan fingerprint density at radius 3 is 2.52 bits per heavy atom. The van der Waals surface area contributed by atoms with Crippen LogP contribution in [0.4, 0.5) is 15.2 Å². The van der Waals surface area contributed by atoms with Gasteiger partial charge >= 0.3 is 0 Å². The molecular weight excluding hydrogens is 391 g/mol. The Hall–Kier alpha value is -3.13. The van der Waals surface area contributed by atoms with E-state index in [4.69, 9.17) is 0 Å². The summed E-state index contributed by atoms with van der Waals surface area (Å²) in [5.41, 5.74) is 3.44. The number of nitrogens with one attached hydrogen (secondary N) is 1. The number of aryl methyl sites for hydroxylation is 2. The van der Waals surface area contributed by atoms with Gasteiger partial charge in [-0.2, -0.15) is 0 Å². The zero-order valence-corrected chi connectivity index (χ0v) is 16.8. The number of halogens is 1. The van der Waals surface area contributed by atoms with E-state index in [2.05, 4.69) is 21.6 Å². The van der Waals surface area contributed by atoms with Crippen molar-refractivity contribution >= 4 is 34.0 Å². The minimum absolute atomic E-state index is 0.0482. The van der Waals surface area contributed by atoms with E-state index in [1.807, 2.05) is 26.0 Å². The minimum atomic E-state index is -0.404. The number of hydrogen-bond acceptors (Lipinski definition) is 5. The van der Waals surface area contributed by atoms with Crippen molar-refractivity contribution in [2.45, 2.75) is 26.2 Å². The summed E-state index contributed by atoms with van der Waals surface area (Å²) in [6.45, 7) is 4.55. The largest absolute Gasteiger partial charge is 0.312 e. The Morgan fingerprint density at radius 1 is 1.14 bits per heavy atom. The second kappa shape index (κ2) is 7.71. The van der Waals surface area contributed by atoms with E-state index >= 15 is 0 Å². The van der Waals surface area contributed by atoms with E-state index in [1.54, 1.807) is 4.90 Å². The SMILES string of the molecule is Cc1cc(C)cc(N2CC(c3nnc(NC(=O)c4ccc(F)cc4)s3)CC2=O)c1. The van der Waals surface area contributed by atoms with Crippen LogP contribution in [0.5, 0.6) is 0 Å². The average molecular weight is 410 g/mol. The molecule has 2 amide bonds. The molecule has 8 heteroatoms. The molecule has 2 heterocycles. The van der Waals surface area contributed by atoms with E-state index in [1.165, 1.54) is 35.6 Å². The molecule has 1 aliphatic rings. The Morgan fingerprint density at radius 2 is 1.83 bits per heavy atom. The highest BCUT2D eigenvalue weighted by atomic mass is 32.1. The predicted molar refractivity (Wildman–Crippen MR) is 110 cm³/mol. The number of benzene rings is 2. The average Bonchev–Trinajstić information content (AvgIpc) is 3.28. The molecule has 1 unspecified atom stereocenters. The number of nitrogens with zero attached hydrogens (tertiary/aromatic N) is 3. The molecule has 0 spiro atoms. The van der Waals surface area contributed by atoms with Crippen molar-refractivity contribution in [3.63, 3.8) is 0 Å². The van der Waals surface area contributed by atoms with Crippen molar-refractivity contribution in [1.82, 2.24) is 10.2 Å². The third-order valence-electron chi connectivity index (χ3n) is 4.76. The predicted octanol–water partition coefficient (Wildman–Crippen LogP) is 4.07. The first kappa shape index (κ1) is 19.2. The van der Waals surface area contributed by atoms with Gasteiger partial charge in [0.15, 0.2) is 0 Å². The Labute approximate surface area is 171 Å². The number of amides is 2. The third kappa shape index (κ3) is 4.17. The van der Waals surface area contributed by atoms with Gasteiger partial charge in [0, 0.05) is 30.1 Å². The minimum Gasteiger partial charge on any atom is -0.312 e. The van der Waals surface area contributed by atoms with Crippen LogP contribution in [0, 0.1) is 19.7 Å². The maximum Gasteiger partial charge on any atom is 0.257 e. The van der Waals surface area contributed by atoms with Gasteiger partial charge in [0.05, 0.1) is 0 Å². The van der Waals surface area contributed by atoms with E-state index in [-0.39, 0.29) is 17.7 Å². The lowest BCUT2D eigenvalue weighted by Crippen LogP contribution is -2.24. The molecule has 6 nitrogen and oxygen atoms in total. The molecule has 1 saturated heterocycles. The first-order valence-electron chi connectivity index (χ1n) is 9.18. The maximum atomic E-state index is 13.0. The molecule has 3 aromatic rings. The molecule has 0 bridgehead atoms. The van der Waals surface area contributed by atoms with Crippen molar-refractivity contribution in [3.05, 3.63) is 70.0 Å². The Balaban J connectivity index is 1.46. The molecule has 0 saturated carbocycles. The summed E-state index contributed by atoms with van der Waals surface area (Å²) >= 11 is 1.25. The maximum absolute atomic E-state index is 13.0. The molecule has 2 aromatic carbocycles. The van der Waals surface area contributed by atoms with Crippen molar-refractivity contribution in [3.8, 4) is 0 Å². The van der Waals surface area contributed by atoms with Crippen LogP contribution in [0.2, 0.25) is 0 Å². The monoisotopic (exact) mass is 410 g/mol. The molecule has 0 radical (unpaired) electrons. The molecule has 4 rings (SSSR count). The standard InChI is InChI=1S/C21H19FN4O2S/c1-12-7-13(2)9-17(8-12)26-11-15(10-18(26)27)20-24-25-21(29-20)23-19(28)14-3-5-16(22)6-4-14/h3-9,15H,10-11H2,1-2H3,(H,23,25,28). The highest BCUT2D eigenvalue weighted by Gasteiger charge is 2.34. The summed E-state index contributed by atoms with van der Waals surface area (Å²) in [6, 6.07) is 11.3. The summed E-state index contributed by atoms with van der Waals surface area (Å²) in [5, 5.41) is 11.9. The summed E-state index contributed by atoms with van der Waals surface area (Å²) in [6.07, 6.45) is 0.355.